The van der Waals surface area contributed by atoms with E-state index in [4.69, 9.17) is 4.74 Å². The minimum absolute atomic E-state index is 0. The van der Waals surface area contributed by atoms with Crippen LogP contribution >= 0.6 is 37.2 Å². The molecule has 3 saturated heterocycles. The standard InChI is InChI=1S/C10H19N3O.3ClH/c1-2-13(9-5-11-6-9)7-10-8-14-4-3-12(1)10;;;/h9-11H,1-8H2;3*1H/t10-;;;/m0.../s1. The second kappa shape index (κ2) is 8.00. The molecule has 3 rings (SSSR count). The van der Waals surface area contributed by atoms with Gasteiger partial charge in [0.1, 0.15) is 0 Å². The van der Waals surface area contributed by atoms with Gasteiger partial charge in [-0.25, -0.2) is 0 Å². The first-order valence-electron chi connectivity index (χ1n) is 5.70. The molecular formula is C10H22Cl3N3O. The van der Waals surface area contributed by atoms with Crippen molar-refractivity contribution in [2.45, 2.75) is 12.1 Å². The SMILES string of the molecule is C1CN2CCN(C3CNC3)C[C@H]2CO1.Cl.Cl.Cl. The van der Waals surface area contributed by atoms with Crippen LogP contribution in [0, 0.1) is 0 Å². The van der Waals surface area contributed by atoms with Gasteiger partial charge in [0, 0.05) is 51.4 Å². The van der Waals surface area contributed by atoms with E-state index in [0.29, 0.717) is 6.04 Å². The molecule has 0 aliphatic carbocycles. The predicted molar refractivity (Wildman–Crippen MR) is 76.2 cm³/mol. The topological polar surface area (TPSA) is 27.7 Å². The van der Waals surface area contributed by atoms with Gasteiger partial charge in [-0.15, -0.1) is 37.2 Å². The number of nitrogens with one attached hydrogen (secondary N) is 1. The highest BCUT2D eigenvalue weighted by Crippen LogP contribution is 2.16. The van der Waals surface area contributed by atoms with Crippen LogP contribution in [0.25, 0.3) is 0 Å². The number of hydrogen-bond donors (Lipinski definition) is 1. The molecule has 4 nitrogen and oxygen atoms in total. The first-order chi connectivity index (χ1) is 6.93. The smallest absolute Gasteiger partial charge is 0.0634 e. The summed E-state index contributed by atoms with van der Waals surface area (Å²) in [5.41, 5.74) is 0. The molecule has 1 atom stereocenters. The maximum absolute atomic E-state index is 5.53. The summed E-state index contributed by atoms with van der Waals surface area (Å²) in [6.07, 6.45) is 0. The van der Waals surface area contributed by atoms with Crippen LogP contribution in [-0.2, 0) is 4.74 Å². The lowest BCUT2D eigenvalue weighted by Gasteiger charge is -2.48. The average Bonchev–Trinajstić information content (AvgIpc) is 2.15. The first-order valence-corrected chi connectivity index (χ1v) is 5.70. The van der Waals surface area contributed by atoms with Gasteiger partial charge in [-0.3, -0.25) is 9.80 Å². The zero-order valence-corrected chi connectivity index (χ0v) is 12.3. The zero-order valence-electron chi connectivity index (χ0n) is 9.84. The fraction of sp³-hybridized carbons (Fsp3) is 1.00. The summed E-state index contributed by atoms with van der Waals surface area (Å²) in [7, 11) is 0. The number of rotatable bonds is 1. The van der Waals surface area contributed by atoms with E-state index in [1.165, 1.54) is 32.7 Å². The Morgan fingerprint density at radius 3 is 2.24 bits per heavy atom. The van der Waals surface area contributed by atoms with Gasteiger partial charge in [0.2, 0.25) is 0 Å². The minimum Gasteiger partial charge on any atom is -0.378 e. The Balaban J connectivity index is 0.000000853. The van der Waals surface area contributed by atoms with E-state index in [-0.39, 0.29) is 37.2 Å². The number of nitrogens with zero attached hydrogens (tertiary/aromatic N) is 2. The predicted octanol–water partition coefficient (Wildman–Crippen LogP) is 0.240. The number of fused-ring (bicyclic) bond motifs is 1. The van der Waals surface area contributed by atoms with Crippen LogP contribution < -0.4 is 5.32 Å². The van der Waals surface area contributed by atoms with Crippen LogP contribution in [0.1, 0.15) is 0 Å². The summed E-state index contributed by atoms with van der Waals surface area (Å²) < 4.78 is 5.53. The maximum Gasteiger partial charge on any atom is 0.0634 e. The van der Waals surface area contributed by atoms with Crippen molar-refractivity contribution in [3.63, 3.8) is 0 Å². The highest BCUT2D eigenvalue weighted by atomic mass is 35.5. The van der Waals surface area contributed by atoms with Crippen LogP contribution in [0.2, 0.25) is 0 Å². The van der Waals surface area contributed by atoms with Gasteiger partial charge in [0.15, 0.2) is 0 Å². The summed E-state index contributed by atoms with van der Waals surface area (Å²) in [5.74, 6) is 0. The Bertz CT molecular complexity index is 219. The van der Waals surface area contributed by atoms with Crippen molar-refractivity contribution >= 4 is 37.2 Å². The van der Waals surface area contributed by atoms with Crippen molar-refractivity contribution in [2.24, 2.45) is 0 Å². The molecule has 3 aliphatic rings. The Morgan fingerprint density at radius 2 is 1.59 bits per heavy atom. The van der Waals surface area contributed by atoms with Crippen molar-refractivity contribution in [1.82, 2.24) is 15.1 Å². The van der Waals surface area contributed by atoms with Gasteiger partial charge in [0.25, 0.3) is 0 Å². The fourth-order valence-electron chi connectivity index (χ4n) is 2.63. The molecule has 0 radical (unpaired) electrons. The summed E-state index contributed by atoms with van der Waals surface area (Å²) in [6.45, 7) is 9.10. The number of hydrogen-bond acceptors (Lipinski definition) is 4. The summed E-state index contributed by atoms with van der Waals surface area (Å²) in [5, 5.41) is 3.34. The molecule has 0 aromatic heterocycles. The number of morpholine rings is 1. The molecule has 17 heavy (non-hydrogen) atoms. The molecule has 104 valence electrons. The Labute approximate surface area is 122 Å². The lowest BCUT2D eigenvalue weighted by Crippen LogP contribution is -2.65. The quantitative estimate of drug-likeness (QED) is 0.751. The third-order valence-corrected chi connectivity index (χ3v) is 3.75. The molecule has 7 heteroatoms. The van der Waals surface area contributed by atoms with E-state index >= 15 is 0 Å². The van der Waals surface area contributed by atoms with Gasteiger partial charge >= 0.3 is 0 Å². The van der Waals surface area contributed by atoms with E-state index < -0.39 is 0 Å². The lowest BCUT2D eigenvalue weighted by atomic mass is 10.1. The highest BCUT2D eigenvalue weighted by molar-refractivity contribution is 5.86. The summed E-state index contributed by atoms with van der Waals surface area (Å²) in [4.78, 5) is 5.22. The van der Waals surface area contributed by atoms with Crippen molar-refractivity contribution in [1.29, 1.82) is 0 Å². The second-order valence-corrected chi connectivity index (χ2v) is 4.57. The first kappa shape index (κ1) is 17.7. The van der Waals surface area contributed by atoms with Crippen LogP contribution in [0.5, 0.6) is 0 Å². The molecule has 0 bridgehead atoms. The van der Waals surface area contributed by atoms with Gasteiger partial charge in [0.05, 0.1) is 13.2 Å². The molecule has 0 amide bonds. The molecule has 3 fully saturated rings. The lowest BCUT2D eigenvalue weighted by molar-refractivity contribution is -0.0572. The molecule has 1 N–H and O–H groups in total. The van der Waals surface area contributed by atoms with Crippen molar-refractivity contribution in [3.05, 3.63) is 0 Å². The minimum atomic E-state index is 0. The fourth-order valence-corrected chi connectivity index (χ4v) is 2.63. The Kier molecular flexibility index (Phi) is 8.33. The van der Waals surface area contributed by atoms with Crippen LogP contribution in [0.4, 0.5) is 0 Å². The molecule has 0 spiro atoms. The molecule has 3 aliphatic heterocycles. The van der Waals surface area contributed by atoms with Crippen LogP contribution in [-0.4, -0.2) is 74.4 Å². The van der Waals surface area contributed by atoms with Crippen LogP contribution in [0.15, 0.2) is 0 Å². The van der Waals surface area contributed by atoms with Gasteiger partial charge in [-0.1, -0.05) is 0 Å². The van der Waals surface area contributed by atoms with Gasteiger partial charge in [-0.2, -0.15) is 0 Å². The molecule has 3 heterocycles. The maximum atomic E-state index is 5.53. The molecule has 0 saturated carbocycles. The van der Waals surface area contributed by atoms with E-state index in [0.717, 1.165) is 25.8 Å². The van der Waals surface area contributed by atoms with Gasteiger partial charge in [-0.05, 0) is 0 Å². The molecule has 0 unspecified atom stereocenters. The van der Waals surface area contributed by atoms with E-state index in [9.17, 15) is 0 Å². The zero-order chi connectivity index (χ0) is 9.38. The number of ether oxygens (including phenoxy) is 1. The molecular weight excluding hydrogens is 284 g/mol. The monoisotopic (exact) mass is 305 g/mol. The van der Waals surface area contributed by atoms with Crippen molar-refractivity contribution in [3.8, 4) is 0 Å². The molecule has 0 aromatic rings. The molecule has 0 aromatic carbocycles. The van der Waals surface area contributed by atoms with Crippen LogP contribution in [0.3, 0.4) is 0 Å². The van der Waals surface area contributed by atoms with E-state index in [1.54, 1.807) is 0 Å². The second-order valence-electron chi connectivity index (χ2n) is 4.57. The number of piperazine rings is 1. The number of halogens is 3. The third-order valence-electron chi connectivity index (χ3n) is 3.75. The Hall–Kier alpha value is 0.710. The summed E-state index contributed by atoms with van der Waals surface area (Å²) >= 11 is 0. The average molecular weight is 307 g/mol. The third kappa shape index (κ3) is 3.83. The Morgan fingerprint density at radius 1 is 0.882 bits per heavy atom. The van der Waals surface area contributed by atoms with Gasteiger partial charge < -0.3 is 10.1 Å². The van der Waals surface area contributed by atoms with E-state index in [1.807, 2.05) is 0 Å². The normalized spacial score (nSPS) is 30.0. The largest absolute Gasteiger partial charge is 0.378 e. The van der Waals surface area contributed by atoms with Crippen molar-refractivity contribution in [2.75, 3.05) is 52.5 Å². The van der Waals surface area contributed by atoms with E-state index in [2.05, 4.69) is 15.1 Å². The summed E-state index contributed by atoms with van der Waals surface area (Å²) in [6, 6.07) is 1.47. The highest BCUT2D eigenvalue weighted by Gasteiger charge is 2.34. The van der Waals surface area contributed by atoms with Crippen molar-refractivity contribution < 1.29 is 4.74 Å².